The molecular formula is C11H11BrFN5. The Bertz CT molecular complexity index is 649. The van der Waals surface area contributed by atoms with Crippen LogP contribution < -0.4 is 5.32 Å². The fourth-order valence-electron chi connectivity index (χ4n) is 2.13. The average molecular weight is 312 g/mol. The van der Waals surface area contributed by atoms with Crippen LogP contribution in [0.2, 0.25) is 0 Å². The van der Waals surface area contributed by atoms with Crippen LogP contribution in [0.25, 0.3) is 5.82 Å². The highest BCUT2D eigenvalue weighted by Gasteiger charge is 2.35. The summed E-state index contributed by atoms with van der Waals surface area (Å²) >= 11 is 3.10. The zero-order chi connectivity index (χ0) is 13.1. The molecule has 18 heavy (non-hydrogen) atoms. The Morgan fingerprint density at radius 1 is 1.39 bits per heavy atom. The van der Waals surface area contributed by atoms with Gasteiger partial charge in [0.1, 0.15) is 10.4 Å². The van der Waals surface area contributed by atoms with Crippen LogP contribution in [0.3, 0.4) is 0 Å². The summed E-state index contributed by atoms with van der Waals surface area (Å²) in [6.07, 6.45) is 0. The number of aryl methyl sites for hydroxylation is 1. The second-order valence-corrected chi connectivity index (χ2v) is 5.54. The summed E-state index contributed by atoms with van der Waals surface area (Å²) in [5, 5.41) is 11.5. The molecule has 0 unspecified atom stereocenters. The van der Waals surface area contributed by atoms with Gasteiger partial charge in [-0.3, -0.25) is 4.57 Å². The highest BCUT2D eigenvalue weighted by molar-refractivity contribution is 9.10. The van der Waals surface area contributed by atoms with E-state index >= 15 is 0 Å². The molecule has 7 heteroatoms. The summed E-state index contributed by atoms with van der Waals surface area (Å²) in [5.74, 6) is 1.71. The third-order valence-electron chi connectivity index (χ3n) is 2.96. The van der Waals surface area contributed by atoms with Gasteiger partial charge in [-0.2, -0.15) is 0 Å². The van der Waals surface area contributed by atoms with Crippen molar-refractivity contribution in [2.24, 2.45) is 0 Å². The van der Waals surface area contributed by atoms with E-state index in [4.69, 9.17) is 0 Å². The van der Waals surface area contributed by atoms with Crippen LogP contribution in [0.15, 0.2) is 10.7 Å². The van der Waals surface area contributed by atoms with Crippen molar-refractivity contribution in [3.8, 4) is 5.82 Å². The summed E-state index contributed by atoms with van der Waals surface area (Å²) in [6.45, 7) is 5.78. The third-order valence-corrected chi connectivity index (χ3v) is 3.51. The first kappa shape index (κ1) is 11.6. The molecule has 1 N–H and O–H groups in total. The van der Waals surface area contributed by atoms with Gasteiger partial charge in [0, 0.05) is 6.07 Å². The van der Waals surface area contributed by atoms with E-state index in [0.717, 1.165) is 11.6 Å². The zero-order valence-electron chi connectivity index (χ0n) is 10.1. The molecule has 0 radical (unpaired) electrons. The number of halogens is 2. The minimum absolute atomic E-state index is 0.182. The maximum absolute atomic E-state index is 13.6. The quantitative estimate of drug-likeness (QED) is 0.760. The summed E-state index contributed by atoms with van der Waals surface area (Å²) in [5.41, 5.74) is 0.215. The molecule has 2 aromatic heterocycles. The minimum Gasteiger partial charge on any atom is -0.370 e. The fraction of sp³-hybridized carbons (Fsp3) is 0.364. The lowest BCUT2D eigenvalue weighted by Gasteiger charge is -2.33. The highest BCUT2D eigenvalue weighted by Crippen LogP contribution is 2.36. The Labute approximate surface area is 112 Å². The zero-order valence-corrected chi connectivity index (χ0v) is 11.7. The lowest BCUT2D eigenvalue weighted by molar-refractivity contribution is 0.526. The normalized spacial score (nSPS) is 15.8. The van der Waals surface area contributed by atoms with Crippen LogP contribution in [0.4, 0.5) is 10.1 Å². The molecule has 3 heterocycles. The standard InChI is InChI=1S/C11H11BrFN5/c1-5-16-17-10-11(2,3)15-7-4-6(13)8(12)14-9(7)18(5)10/h4,15H,1-3H3. The molecule has 5 nitrogen and oxygen atoms in total. The first-order valence-electron chi connectivity index (χ1n) is 5.47. The molecule has 1 aliphatic rings. The van der Waals surface area contributed by atoms with Crippen LogP contribution in [0.1, 0.15) is 25.5 Å². The van der Waals surface area contributed by atoms with E-state index in [9.17, 15) is 4.39 Å². The van der Waals surface area contributed by atoms with Gasteiger partial charge in [0.15, 0.2) is 17.5 Å². The molecule has 0 bridgehead atoms. The minimum atomic E-state index is -0.420. The molecule has 0 fully saturated rings. The van der Waals surface area contributed by atoms with Crippen molar-refractivity contribution in [3.63, 3.8) is 0 Å². The second kappa shape index (κ2) is 3.50. The number of anilines is 1. The van der Waals surface area contributed by atoms with Crippen molar-refractivity contribution >= 4 is 21.6 Å². The molecule has 0 saturated carbocycles. The average Bonchev–Trinajstić information content (AvgIpc) is 2.65. The maximum Gasteiger partial charge on any atom is 0.164 e. The Hall–Kier alpha value is -1.50. The fourth-order valence-corrected chi connectivity index (χ4v) is 2.42. The van der Waals surface area contributed by atoms with Gasteiger partial charge in [-0.05, 0) is 36.7 Å². The van der Waals surface area contributed by atoms with E-state index in [-0.39, 0.29) is 4.60 Å². The Morgan fingerprint density at radius 3 is 2.83 bits per heavy atom. The van der Waals surface area contributed by atoms with Crippen molar-refractivity contribution in [3.05, 3.63) is 28.1 Å². The van der Waals surface area contributed by atoms with Crippen molar-refractivity contribution in [2.45, 2.75) is 26.3 Å². The number of rotatable bonds is 0. The van der Waals surface area contributed by atoms with E-state index in [0.29, 0.717) is 11.5 Å². The van der Waals surface area contributed by atoms with Crippen LogP contribution in [-0.4, -0.2) is 19.7 Å². The Morgan fingerprint density at radius 2 is 2.11 bits per heavy atom. The smallest absolute Gasteiger partial charge is 0.164 e. The monoisotopic (exact) mass is 311 g/mol. The van der Waals surface area contributed by atoms with Crippen LogP contribution >= 0.6 is 15.9 Å². The van der Waals surface area contributed by atoms with E-state index in [1.54, 1.807) is 0 Å². The van der Waals surface area contributed by atoms with E-state index in [2.05, 4.69) is 36.4 Å². The number of hydrogen-bond donors (Lipinski definition) is 1. The maximum atomic E-state index is 13.6. The van der Waals surface area contributed by atoms with Crippen LogP contribution in [0.5, 0.6) is 0 Å². The molecule has 0 aliphatic carbocycles. The molecule has 0 spiro atoms. The molecule has 0 amide bonds. The van der Waals surface area contributed by atoms with Crippen LogP contribution in [-0.2, 0) is 5.54 Å². The summed E-state index contributed by atoms with van der Waals surface area (Å²) in [4.78, 5) is 4.22. The number of hydrogen-bond acceptors (Lipinski definition) is 4. The highest BCUT2D eigenvalue weighted by atomic mass is 79.9. The van der Waals surface area contributed by atoms with E-state index in [1.807, 2.05) is 25.3 Å². The number of pyridine rings is 1. The summed E-state index contributed by atoms with van der Waals surface area (Å²) in [7, 11) is 0. The molecule has 0 aromatic carbocycles. The molecule has 0 atom stereocenters. The van der Waals surface area contributed by atoms with Gasteiger partial charge >= 0.3 is 0 Å². The number of fused-ring (bicyclic) bond motifs is 3. The molecule has 3 rings (SSSR count). The van der Waals surface area contributed by atoms with Gasteiger partial charge in [-0.1, -0.05) is 0 Å². The molecule has 94 valence electrons. The van der Waals surface area contributed by atoms with Gasteiger partial charge < -0.3 is 5.32 Å². The van der Waals surface area contributed by atoms with E-state index < -0.39 is 11.4 Å². The Kier molecular flexibility index (Phi) is 2.25. The van der Waals surface area contributed by atoms with Gasteiger partial charge in [-0.25, -0.2) is 9.37 Å². The topological polar surface area (TPSA) is 55.6 Å². The van der Waals surface area contributed by atoms with E-state index in [1.165, 1.54) is 6.07 Å². The number of nitrogens with one attached hydrogen (secondary N) is 1. The molecule has 1 aliphatic heterocycles. The predicted molar refractivity (Wildman–Crippen MR) is 68.2 cm³/mol. The lowest BCUT2D eigenvalue weighted by Crippen LogP contribution is -2.36. The van der Waals surface area contributed by atoms with Crippen molar-refractivity contribution in [1.82, 2.24) is 19.7 Å². The van der Waals surface area contributed by atoms with Crippen molar-refractivity contribution < 1.29 is 4.39 Å². The summed E-state index contributed by atoms with van der Waals surface area (Å²) in [6, 6.07) is 1.43. The first-order valence-corrected chi connectivity index (χ1v) is 6.26. The third kappa shape index (κ3) is 1.46. The largest absolute Gasteiger partial charge is 0.370 e. The lowest BCUT2D eigenvalue weighted by atomic mass is 10.0. The Balaban J connectivity index is 2.35. The first-order chi connectivity index (χ1) is 8.40. The second-order valence-electron chi connectivity index (χ2n) is 4.79. The van der Waals surface area contributed by atoms with Gasteiger partial charge in [0.2, 0.25) is 0 Å². The van der Waals surface area contributed by atoms with Crippen molar-refractivity contribution in [1.29, 1.82) is 0 Å². The molecule has 2 aromatic rings. The number of nitrogens with zero attached hydrogens (tertiary/aromatic N) is 4. The summed E-state index contributed by atoms with van der Waals surface area (Å²) < 4.78 is 15.6. The molecular weight excluding hydrogens is 301 g/mol. The van der Waals surface area contributed by atoms with Gasteiger partial charge in [0.05, 0.1) is 11.2 Å². The SMILES string of the molecule is Cc1nnc2n1-c1nc(Br)c(F)cc1NC2(C)C. The molecule has 0 saturated heterocycles. The van der Waals surface area contributed by atoms with Crippen molar-refractivity contribution in [2.75, 3.05) is 5.32 Å². The van der Waals surface area contributed by atoms with Gasteiger partial charge in [-0.15, -0.1) is 10.2 Å². The van der Waals surface area contributed by atoms with Crippen LogP contribution in [0, 0.1) is 12.7 Å². The van der Waals surface area contributed by atoms with Gasteiger partial charge in [0.25, 0.3) is 0 Å². The number of aromatic nitrogens is 4. The predicted octanol–water partition coefficient (Wildman–Crippen LogP) is 2.53.